The standard InChI is InChI=1S/C12H20N4/c1-9(2)7-11-8-14-16-12(15-11)10-3-5-13-6-4-10/h8-10,13H,3-7H2,1-2H3. The molecule has 2 heterocycles. The molecular formula is C12H20N4. The third-order valence-corrected chi connectivity index (χ3v) is 2.95. The Balaban J connectivity index is 2.08. The molecule has 88 valence electrons. The fourth-order valence-corrected chi connectivity index (χ4v) is 2.12. The highest BCUT2D eigenvalue weighted by Gasteiger charge is 2.18. The van der Waals surface area contributed by atoms with Crippen LogP contribution in [-0.2, 0) is 6.42 Å². The molecule has 1 aromatic heterocycles. The Hall–Kier alpha value is -1.03. The third-order valence-electron chi connectivity index (χ3n) is 2.95. The lowest BCUT2D eigenvalue weighted by molar-refractivity contribution is 0.438. The van der Waals surface area contributed by atoms with E-state index in [4.69, 9.17) is 0 Å². The molecule has 0 saturated carbocycles. The number of hydrogen-bond donors (Lipinski definition) is 1. The molecular weight excluding hydrogens is 200 g/mol. The van der Waals surface area contributed by atoms with Gasteiger partial charge in [0.05, 0.1) is 11.9 Å². The van der Waals surface area contributed by atoms with Crippen molar-refractivity contribution in [3.63, 3.8) is 0 Å². The van der Waals surface area contributed by atoms with E-state index in [2.05, 4.69) is 34.3 Å². The lowest BCUT2D eigenvalue weighted by Crippen LogP contribution is -2.27. The van der Waals surface area contributed by atoms with E-state index in [0.717, 1.165) is 43.9 Å². The van der Waals surface area contributed by atoms with Gasteiger partial charge in [0, 0.05) is 5.92 Å². The van der Waals surface area contributed by atoms with Crippen LogP contribution in [-0.4, -0.2) is 28.3 Å². The Morgan fingerprint density at radius 1 is 1.38 bits per heavy atom. The van der Waals surface area contributed by atoms with Gasteiger partial charge in [-0.05, 0) is 38.3 Å². The normalized spacial score (nSPS) is 17.9. The van der Waals surface area contributed by atoms with Gasteiger partial charge in [0.15, 0.2) is 5.82 Å². The SMILES string of the molecule is CC(C)Cc1cnnc(C2CCNCC2)n1. The first-order valence-electron chi connectivity index (χ1n) is 6.15. The maximum Gasteiger partial charge on any atom is 0.154 e. The minimum atomic E-state index is 0.501. The second-order valence-corrected chi connectivity index (χ2v) is 4.93. The fourth-order valence-electron chi connectivity index (χ4n) is 2.12. The van der Waals surface area contributed by atoms with Crippen LogP contribution in [0.2, 0.25) is 0 Å². The maximum atomic E-state index is 4.64. The third kappa shape index (κ3) is 2.98. The van der Waals surface area contributed by atoms with Crippen LogP contribution in [0.25, 0.3) is 0 Å². The molecule has 0 bridgehead atoms. The van der Waals surface area contributed by atoms with E-state index in [1.165, 1.54) is 0 Å². The van der Waals surface area contributed by atoms with E-state index >= 15 is 0 Å². The van der Waals surface area contributed by atoms with Gasteiger partial charge in [-0.25, -0.2) is 4.98 Å². The molecule has 0 aromatic carbocycles. The Morgan fingerprint density at radius 3 is 2.81 bits per heavy atom. The summed E-state index contributed by atoms with van der Waals surface area (Å²) in [6, 6.07) is 0. The van der Waals surface area contributed by atoms with Crippen molar-refractivity contribution in [1.29, 1.82) is 0 Å². The molecule has 2 rings (SSSR count). The molecule has 1 aliphatic rings. The number of aromatic nitrogens is 3. The molecule has 0 radical (unpaired) electrons. The van der Waals surface area contributed by atoms with Crippen molar-refractivity contribution >= 4 is 0 Å². The minimum Gasteiger partial charge on any atom is -0.317 e. The Labute approximate surface area is 96.9 Å². The van der Waals surface area contributed by atoms with Crippen molar-refractivity contribution in [2.75, 3.05) is 13.1 Å². The Kier molecular flexibility index (Phi) is 3.83. The summed E-state index contributed by atoms with van der Waals surface area (Å²) in [7, 11) is 0. The van der Waals surface area contributed by atoms with Crippen LogP contribution in [0.3, 0.4) is 0 Å². The summed E-state index contributed by atoms with van der Waals surface area (Å²) >= 11 is 0. The summed E-state index contributed by atoms with van der Waals surface area (Å²) in [5.74, 6) is 2.07. The smallest absolute Gasteiger partial charge is 0.154 e. The van der Waals surface area contributed by atoms with Crippen LogP contribution in [0.1, 0.15) is 44.1 Å². The molecule has 0 aliphatic carbocycles. The van der Waals surface area contributed by atoms with Gasteiger partial charge in [-0.2, -0.15) is 5.10 Å². The molecule has 0 unspecified atom stereocenters. The van der Waals surface area contributed by atoms with E-state index in [1.807, 2.05) is 0 Å². The average molecular weight is 220 g/mol. The molecule has 1 fully saturated rings. The predicted molar refractivity (Wildman–Crippen MR) is 63.2 cm³/mol. The minimum absolute atomic E-state index is 0.501. The van der Waals surface area contributed by atoms with E-state index in [1.54, 1.807) is 6.20 Å². The zero-order valence-corrected chi connectivity index (χ0v) is 10.1. The van der Waals surface area contributed by atoms with Gasteiger partial charge in [0.25, 0.3) is 0 Å². The van der Waals surface area contributed by atoms with Crippen molar-refractivity contribution in [1.82, 2.24) is 20.5 Å². The fraction of sp³-hybridized carbons (Fsp3) is 0.750. The van der Waals surface area contributed by atoms with E-state index < -0.39 is 0 Å². The monoisotopic (exact) mass is 220 g/mol. The van der Waals surface area contributed by atoms with Crippen LogP contribution in [0.5, 0.6) is 0 Å². The molecule has 1 aliphatic heterocycles. The van der Waals surface area contributed by atoms with Crippen molar-refractivity contribution in [3.8, 4) is 0 Å². The molecule has 4 nitrogen and oxygen atoms in total. The summed E-state index contributed by atoms with van der Waals surface area (Å²) in [5, 5.41) is 11.6. The first kappa shape index (κ1) is 11.5. The zero-order chi connectivity index (χ0) is 11.4. The van der Waals surface area contributed by atoms with Crippen LogP contribution in [0.4, 0.5) is 0 Å². The summed E-state index contributed by atoms with van der Waals surface area (Å²) in [6.45, 7) is 6.55. The van der Waals surface area contributed by atoms with Crippen LogP contribution in [0.15, 0.2) is 6.20 Å². The lowest BCUT2D eigenvalue weighted by atomic mass is 9.97. The molecule has 0 atom stereocenters. The predicted octanol–water partition coefficient (Wildman–Crippen LogP) is 1.54. The highest BCUT2D eigenvalue weighted by atomic mass is 15.1. The molecule has 1 N–H and O–H groups in total. The van der Waals surface area contributed by atoms with E-state index in [-0.39, 0.29) is 0 Å². The quantitative estimate of drug-likeness (QED) is 0.839. The topological polar surface area (TPSA) is 50.7 Å². The highest BCUT2D eigenvalue weighted by Crippen LogP contribution is 2.21. The van der Waals surface area contributed by atoms with Crippen LogP contribution in [0, 0.1) is 5.92 Å². The maximum absolute atomic E-state index is 4.64. The van der Waals surface area contributed by atoms with Crippen molar-refractivity contribution in [3.05, 3.63) is 17.7 Å². The van der Waals surface area contributed by atoms with Gasteiger partial charge in [-0.3, -0.25) is 0 Å². The summed E-state index contributed by atoms with van der Waals surface area (Å²) in [5.41, 5.74) is 1.08. The van der Waals surface area contributed by atoms with Gasteiger partial charge in [-0.1, -0.05) is 13.8 Å². The number of piperidine rings is 1. The first-order valence-corrected chi connectivity index (χ1v) is 6.15. The van der Waals surface area contributed by atoms with E-state index in [0.29, 0.717) is 11.8 Å². The second-order valence-electron chi connectivity index (χ2n) is 4.93. The largest absolute Gasteiger partial charge is 0.317 e. The van der Waals surface area contributed by atoms with Gasteiger partial charge >= 0.3 is 0 Å². The van der Waals surface area contributed by atoms with Crippen LogP contribution >= 0.6 is 0 Å². The molecule has 1 aromatic rings. The Morgan fingerprint density at radius 2 is 2.12 bits per heavy atom. The lowest BCUT2D eigenvalue weighted by Gasteiger charge is -2.21. The van der Waals surface area contributed by atoms with Gasteiger partial charge < -0.3 is 5.32 Å². The van der Waals surface area contributed by atoms with Crippen molar-refractivity contribution in [2.24, 2.45) is 5.92 Å². The average Bonchev–Trinajstić information content (AvgIpc) is 2.30. The molecule has 16 heavy (non-hydrogen) atoms. The zero-order valence-electron chi connectivity index (χ0n) is 10.1. The summed E-state index contributed by atoms with van der Waals surface area (Å²) < 4.78 is 0. The van der Waals surface area contributed by atoms with Gasteiger partial charge in [0.2, 0.25) is 0 Å². The highest BCUT2D eigenvalue weighted by molar-refractivity contribution is 5.02. The summed E-state index contributed by atoms with van der Waals surface area (Å²) in [6.07, 6.45) is 5.05. The molecule has 0 spiro atoms. The molecule has 4 heteroatoms. The van der Waals surface area contributed by atoms with Gasteiger partial charge in [0.1, 0.15) is 0 Å². The first-order chi connectivity index (χ1) is 7.75. The number of hydrogen-bond acceptors (Lipinski definition) is 4. The Bertz CT molecular complexity index is 332. The van der Waals surface area contributed by atoms with E-state index in [9.17, 15) is 0 Å². The number of nitrogens with zero attached hydrogens (tertiary/aromatic N) is 3. The second kappa shape index (κ2) is 5.34. The van der Waals surface area contributed by atoms with Gasteiger partial charge in [-0.15, -0.1) is 5.10 Å². The van der Waals surface area contributed by atoms with Crippen molar-refractivity contribution < 1.29 is 0 Å². The molecule has 1 saturated heterocycles. The van der Waals surface area contributed by atoms with Crippen LogP contribution < -0.4 is 5.32 Å². The number of nitrogens with one attached hydrogen (secondary N) is 1. The summed E-state index contributed by atoms with van der Waals surface area (Å²) in [4.78, 5) is 4.64. The molecule has 0 amide bonds. The van der Waals surface area contributed by atoms with Crippen molar-refractivity contribution in [2.45, 2.75) is 39.0 Å². The number of rotatable bonds is 3.